The van der Waals surface area contributed by atoms with Crippen LogP contribution in [0.15, 0.2) is 52.8 Å². The first-order valence-electron chi connectivity index (χ1n) is 12.7. The molecule has 0 saturated carbocycles. The summed E-state index contributed by atoms with van der Waals surface area (Å²) in [5.41, 5.74) is 3.82. The largest absolute Gasteiger partial charge is 0.507 e. The van der Waals surface area contributed by atoms with Crippen LogP contribution < -0.4 is 5.62 Å². The second-order valence-electron chi connectivity index (χ2n) is 11.7. The quantitative estimate of drug-likeness (QED) is 0.307. The third kappa shape index (κ3) is 6.69. The number of rotatable bonds is 8. The summed E-state index contributed by atoms with van der Waals surface area (Å²) in [6.45, 7) is 14.9. The number of ketones is 2. The lowest BCUT2D eigenvalue weighted by Gasteiger charge is -2.28. The minimum atomic E-state index is -0.316. The summed E-state index contributed by atoms with van der Waals surface area (Å²) in [7, 11) is 0. The maximum absolute atomic E-state index is 13.5. The molecule has 1 N–H and O–H groups in total. The van der Waals surface area contributed by atoms with Crippen LogP contribution >= 0.6 is 16.1 Å². The monoisotopic (exact) mass is 567 g/mol. The first-order valence-corrected chi connectivity index (χ1v) is 13.4. The summed E-state index contributed by atoms with van der Waals surface area (Å²) in [5, 5.41) is 11.0. The van der Waals surface area contributed by atoms with Gasteiger partial charge in [0.15, 0.2) is 11.6 Å². The molecule has 0 atom stereocenters. The average molecular weight is 569 g/mol. The molecule has 2 aromatic carbocycles. The van der Waals surface area contributed by atoms with Crippen molar-refractivity contribution in [1.82, 2.24) is 9.13 Å². The molecule has 3 rings (SSSR count). The molecular weight excluding hydrogens is 530 g/mol. The highest BCUT2D eigenvalue weighted by atomic mass is 79.9. The Morgan fingerprint density at radius 3 is 1.89 bits per heavy atom. The molecule has 0 radical (unpaired) electrons. The maximum Gasteiger partial charge on any atom is 0.217 e. The molecule has 0 aliphatic heterocycles. The number of Topliss-reactive ketones (excluding diaryl/α,β-unsaturated/α-hetero) is 2. The van der Waals surface area contributed by atoms with Gasteiger partial charge in [-0.05, 0) is 34.9 Å². The minimum Gasteiger partial charge on any atom is -0.507 e. The SMILES string of the molecule is CCCC(=O)c1ccc(Cn2ccn(CC(=O)c3cc(C(C)(C)C)c(O)c(C(C)(C)C)c3)c2=NBr)cc1. The topological polar surface area (TPSA) is 76.6 Å². The number of halogens is 1. The highest BCUT2D eigenvalue weighted by molar-refractivity contribution is 9.08. The third-order valence-electron chi connectivity index (χ3n) is 6.48. The number of benzene rings is 2. The number of carbonyl (C=O) groups is 2. The molecule has 0 amide bonds. The molecule has 7 heteroatoms. The lowest BCUT2D eigenvalue weighted by atomic mass is 9.78. The van der Waals surface area contributed by atoms with Gasteiger partial charge >= 0.3 is 0 Å². The summed E-state index contributed by atoms with van der Waals surface area (Å²) in [6, 6.07) is 11.3. The van der Waals surface area contributed by atoms with E-state index in [0.29, 0.717) is 24.1 Å². The van der Waals surface area contributed by atoms with Crippen LogP contribution in [-0.4, -0.2) is 25.8 Å². The predicted molar refractivity (Wildman–Crippen MR) is 152 cm³/mol. The fourth-order valence-corrected chi connectivity index (χ4v) is 4.76. The van der Waals surface area contributed by atoms with Crippen molar-refractivity contribution in [3.05, 3.63) is 82.2 Å². The molecule has 0 bridgehead atoms. The number of phenolic OH excluding ortho intramolecular Hbond substituents is 1. The third-order valence-corrected chi connectivity index (χ3v) is 6.80. The number of carbonyl (C=O) groups excluding carboxylic acids is 2. The first kappa shape index (κ1) is 28.6. The molecule has 0 unspecified atom stereocenters. The zero-order valence-corrected chi connectivity index (χ0v) is 24.5. The van der Waals surface area contributed by atoms with Crippen molar-refractivity contribution < 1.29 is 14.7 Å². The van der Waals surface area contributed by atoms with Crippen LogP contribution in [0, 0.1) is 0 Å². The average Bonchev–Trinajstić information content (AvgIpc) is 3.18. The van der Waals surface area contributed by atoms with Crippen molar-refractivity contribution in [3.8, 4) is 5.75 Å². The molecule has 0 aliphatic rings. The molecule has 0 saturated heterocycles. The van der Waals surface area contributed by atoms with E-state index in [9.17, 15) is 14.7 Å². The second kappa shape index (κ2) is 11.2. The lowest BCUT2D eigenvalue weighted by molar-refractivity contribution is 0.0966. The molecule has 0 fully saturated rings. The van der Waals surface area contributed by atoms with Crippen molar-refractivity contribution in [1.29, 1.82) is 0 Å². The lowest BCUT2D eigenvalue weighted by Crippen LogP contribution is -2.28. The highest BCUT2D eigenvalue weighted by Crippen LogP contribution is 2.39. The van der Waals surface area contributed by atoms with Gasteiger partial charge in [-0.3, -0.25) is 9.59 Å². The molecule has 37 heavy (non-hydrogen) atoms. The molecule has 3 aromatic rings. The van der Waals surface area contributed by atoms with Crippen molar-refractivity contribution in [2.75, 3.05) is 0 Å². The van der Waals surface area contributed by atoms with Crippen LogP contribution in [0.2, 0.25) is 0 Å². The summed E-state index contributed by atoms with van der Waals surface area (Å²) in [4.78, 5) is 25.6. The van der Waals surface area contributed by atoms with Gasteiger partial charge in [-0.1, -0.05) is 72.7 Å². The predicted octanol–water partition coefficient (Wildman–Crippen LogP) is 6.71. The van der Waals surface area contributed by atoms with Gasteiger partial charge in [0.25, 0.3) is 0 Å². The van der Waals surface area contributed by atoms with Gasteiger partial charge in [0.05, 0.1) is 29.2 Å². The molecule has 6 nitrogen and oxygen atoms in total. The van der Waals surface area contributed by atoms with Gasteiger partial charge in [0, 0.05) is 41.1 Å². The normalized spacial score (nSPS) is 12.7. The van der Waals surface area contributed by atoms with Gasteiger partial charge in [-0.25, -0.2) is 0 Å². The molecule has 1 heterocycles. The highest BCUT2D eigenvalue weighted by Gasteiger charge is 2.28. The van der Waals surface area contributed by atoms with Gasteiger partial charge < -0.3 is 14.2 Å². The van der Waals surface area contributed by atoms with Crippen molar-refractivity contribution in [2.24, 2.45) is 4.02 Å². The molecule has 198 valence electrons. The van der Waals surface area contributed by atoms with E-state index in [1.54, 1.807) is 4.57 Å². The Bertz CT molecular complexity index is 1320. The van der Waals surface area contributed by atoms with Crippen molar-refractivity contribution in [2.45, 2.75) is 85.2 Å². The summed E-state index contributed by atoms with van der Waals surface area (Å²) >= 11 is 3.23. The fourth-order valence-electron chi connectivity index (χ4n) is 4.35. The summed E-state index contributed by atoms with van der Waals surface area (Å²) in [6.07, 6.45) is 5.11. The Balaban J connectivity index is 1.89. The van der Waals surface area contributed by atoms with E-state index in [2.05, 4.69) is 20.2 Å². The van der Waals surface area contributed by atoms with Crippen molar-refractivity contribution >= 4 is 27.7 Å². The zero-order chi connectivity index (χ0) is 27.5. The number of hydrogen-bond donors (Lipinski definition) is 1. The van der Waals surface area contributed by atoms with E-state index >= 15 is 0 Å². The van der Waals surface area contributed by atoms with Crippen molar-refractivity contribution in [3.63, 3.8) is 0 Å². The van der Waals surface area contributed by atoms with Crippen LogP contribution in [-0.2, 0) is 23.9 Å². The summed E-state index contributed by atoms with van der Waals surface area (Å²) in [5.74, 6) is 0.352. The zero-order valence-electron chi connectivity index (χ0n) is 22.9. The fraction of sp³-hybridized carbons (Fsp3) is 0.433. The van der Waals surface area contributed by atoms with Crippen LogP contribution in [0.5, 0.6) is 5.75 Å². The van der Waals surface area contributed by atoms with Crippen LogP contribution in [0.3, 0.4) is 0 Å². The number of imidazole rings is 1. The number of phenols is 1. The number of aromatic nitrogens is 2. The van der Waals surface area contributed by atoms with Crippen LogP contribution in [0.1, 0.15) is 98.7 Å². The maximum atomic E-state index is 13.5. The van der Waals surface area contributed by atoms with Gasteiger partial charge in [0.2, 0.25) is 5.62 Å². The van der Waals surface area contributed by atoms with E-state index in [1.165, 1.54) is 0 Å². The Kier molecular flexibility index (Phi) is 8.68. The molecule has 0 spiro atoms. The second-order valence-corrected chi connectivity index (χ2v) is 12.0. The Hall–Kier alpha value is -2.93. The van der Waals surface area contributed by atoms with E-state index in [1.807, 2.05) is 102 Å². The number of aromatic hydroxyl groups is 1. The number of nitrogens with zero attached hydrogens (tertiary/aromatic N) is 3. The van der Waals surface area contributed by atoms with Crippen LogP contribution in [0.4, 0.5) is 0 Å². The Labute approximate surface area is 228 Å². The van der Waals surface area contributed by atoms with Gasteiger partial charge in [0.1, 0.15) is 5.75 Å². The van der Waals surface area contributed by atoms with E-state index in [-0.39, 0.29) is 34.7 Å². The molecule has 0 aliphatic carbocycles. The van der Waals surface area contributed by atoms with Gasteiger partial charge in [-0.15, -0.1) is 0 Å². The standard InChI is InChI=1S/C30H38BrN3O3/c1-8-9-25(35)21-12-10-20(11-13-21)18-33-14-15-34(28(33)32-31)19-26(36)22-16-23(29(2,3)4)27(37)24(17-22)30(5,6)7/h10-17,37H,8-9,18-19H2,1-7H3. The molecular formula is C30H38BrN3O3. The van der Waals surface area contributed by atoms with Gasteiger partial charge in [-0.2, -0.15) is 4.02 Å². The van der Waals surface area contributed by atoms with E-state index in [4.69, 9.17) is 0 Å². The minimum absolute atomic E-state index is 0.0602. The first-order chi connectivity index (χ1) is 17.3. The Morgan fingerprint density at radius 2 is 1.41 bits per heavy atom. The van der Waals surface area contributed by atoms with E-state index < -0.39 is 0 Å². The smallest absolute Gasteiger partial charge is 0.217 e. The summed E-state index contributed by atoms with van der Waals surface area (Å²) < 4.78 is 8.01. The van der Waals surface area contributed by atoms with Crippen LogP contribution in [0.25, 0.3) is 0 Å². The number of hydrogen-bond acceptors (Lipinski definition) is 4. The molecule has 1 aromatic heterocycles. The Morgan fingerprint density at radius 1 is 0.865 bits per heavy atom. The van der Waals surface area contributed by atoms with E-state index in [0.717, 1.165) is 28.7 Å².